The first kappa shape index (κ1) is 22.8. The van der Waals surface area contributed by atoms with Crippen molar-refractivity contribution in [3.8, 4) is 5.75 Å². The third-order valence-corrected chi connectivity index (χ3v) is 7.12. The summed E-state index contributed by atoms with van der Waals surface area (Å²) in [6.45, 7) is 7.48. The van der Waals surface area contributed by atoms with Gasteiger partial charge in [0.2, 0.25) is 10.0 Å². The van der Waals surface area contributed by atoms with E-state index >= 15 is 0 Å². The van der Waals surface area contributed by atoms with Gasteiger partial charge in [0.25, 0.3) is 0 Å². The summed E-state index contributed by atoms with van der Waals surface area (Å²) in [5.41, 5.74) is 1.13. The quantitative estimate of drug-likeness (QED) is 0.478. The smallest absolute Gasteiger partial charge is 0.215 e. The zero-order chi connectivity index (χ0) is 20.4. The van der Waals surface area contributed by atoms with E-state index in [1.807, 2.05) is 50.1 Å². The highest BCUT2D eigenvalue weighted by Crippen LogP contribution is 2.14. The SMILES string of the molecule is CCNC(=NCCS(=O)(=O)N1CCSCC1)N(C)Cc1ccc(OCC)cc1. The Labute approximate surface area is 173 Å². The van der Waals surface area contributed by atoms with Crippen LogP contribution in [0, 0.1) is 0 Å². The molecule has 1 aromatic carbocycles. The fourth-order valence-electron chi connectivity index (χ4n) is 2.90. The second-order valence-electron chi connectivity index (χ2n) is 6.50. The van der Waals surface area contributed by atoms with Crippen molar-refractivity contribution < 1.29 is 13.2 Å². The summed E-state index contributed by atoms with van der Waals surface area (Å²) in [6.07, 6.45) is 0. The van der Waals surface area contributed by atoms with Crippen LogP contribution in [0.3, 0.4) is 0 Å². The van der Waals surface area contributed by atoms with Crippen molar-refractivity contribution in [2.75, 3.05) is 57.1 Å². The van der Waals surface area contributed by atoms with Gasteiger partial charge in [-0.15, -0.1) is 0 Å². The molecule has 0 aromatic heterocycles. The Morgan fingerprint density at radius 3 is 2.54 bits per heavy atom. The third kappa shape index (κ3) is 7.18. The lowest BCUT2D eigenvalue weighted by Crippen LogP contribution is -2.41. The largest absolute Gasteiger partial charge is 0.494 e. The van der Waals surface area contributed by atoms with E-state index in [0.717, 1.165) is 29.4 Å². The van der Waals surface area contributed by atoms with Crippen LogP contribution in [0.2, 0.25) is 0 Å². The molecule has 1 aromatic rings. The molecule has 1 heterocycles. The van der Waals surface area contributed by atoms with E-state index in [1.165, 1.54) is 0 Å². The number of sulfonamides is 1. The molecule has 0 saturated carbocycles. The minimum Gasteiger partial charge on any atom is -0.494 e. The van der Waals surface area contributed by atoms with Crippen molar-refractivity contribution in [3.63, 3.8) is 0 Å². The Hall–Kier alpha value is -1.45. The summed E-state index contributed by atoms with van der Waals surface area (Å²) in [5, 5.41) is 3.24. The fraction of sp³-hybridized carbons (Fsp3) is 0.632. The normalized spacial score (nSPS) is 16.0. The molecular formula is C19H32N4O3S2. The molecule has 1 aliphatic rings. The molecule has 1 N–H and O–H groups in total. The van der Waals surface area contributed by atoms with Crippen LogP contribution in [0.4, 0.5) is 0 Å². The number of aliphatic imine (C=N–C) groups is 1. The Morgan fingerprint density at radius 1 is 1.25 bits per heavy atom. The number of nitrogens with zero attached hydrogens (tertiary/aromatic N) is 3. The van der Waals surface area contributed by atoms with Gasteiger partial charge in [-0.05, 0) is 31.5 Å². The Balaban J connectivity index is 1.94. The number of rotatable bonds is 9. The van der Waals surface area contributed by atoms with Crippen molar-refractivity contribution >= 4 is 27.7 Å². The number of hydrogen-bond donors (Lipinski definition) is 1. The van der Waals surface area contributed by atoms with E-state index in [0.29, 0.717) is 32.2 Å². The van der Waals surface area contributed by atoms with E-state index in [1.54, 1.807) is 16.1 Å². The molecule has 0 radical (unpaired) electrons. The summed E-state index contributed by atoms with van der Waals surface area (Å²) in [4.78, 5) is 6.54. The lowest BCUT2D eigenvalue weighted by molar-refractivity contribution is 0.340. The van der Waals surface area contributed by atoms with Crippen molar-refractivity contribution in [2.24, 2.45) is 4.99 Å². The number of benzene rings is 1. The van der Waals surface area contributed by atoms with Gasteiger partial charge in [0.15, 0.2) is 5.96 Å². The van der Waals surface area contributed by atoms with Crippen LogP contribution in [0.5, 0.6) is 5.75 Å². The molecule has 158 valence electrons. The highest BCUT2D eigenvalue weighted by atomic mass is 32.2. The van der Waals surface area contributed by atoms with Crippen LogP contribution in [0.1, 0.15) is 19.4 Å². The molecule has 1 saturated heterocycles. The van der Waals surface area contributed by atoms with E-state index in [9.17, 15) is 8.42 Å². The molecule has 0 bridgehead atoms. The Bertz CT molecular complexity index is 717. The minimum absolute atomic E-state index is 0.0451. The van der Waals surface area contributed by atoms with E-state index in [4.69, 9.17) is 4.74 Å². The number of nitrogens with one attached hydrogen (secondary N) is 1. The zero-order valence-electron chi connectivity index (χ0n) is 17.1. The van der Waals surface area contributed by atoms with Crippen LogP contribution in [-0.4, -0.2) is 80.7 Å². The van der Waals surface area contributed by atoms with E-state index < -0.39 is 10.0 Å². The molecule has 0 unspecified atom stereocenters. The predicted molar refractivity (Wildman–Crippen MR) is 118 cm³/mol. The van der Waals surface area contributed by atoms with Gasteiger partial charge < -0.3 is 15.0 Å². The maximum absolute atomic E-state index is 12.5. The maximum Gasteiger partial charge on any atom is 0.215 e. The molecule has 2 rings (SSSR count). The monoisotopic (exact) mass is 428 g/mol. The van der Waals surface area contributed by atoms with Gasteiger partial charge >= 0.3 is 0 Å². The summed E-state index contributed by atoms with van der Waals surface area (Å²) in [5.74, 6) is 3.35. The lowest BCUT2D eigenvalue weighted by atomic mass is 10.2. The zero-order valence-corrected chi connectivity index (χ0v) is 18.7. The number of thioether (sulfide) groups is 1. The van der Waals surface area contributed by atoms with Gasteiger partial charge in [-0.2, -0.15) is 11.8 Å². The number of guanidine groups is 1. The first-order valence-electron chi connectivity index (χ1n) is 9.73. The molecule has 1 fully saturated rings. The van der Waals surface area contributed by atoms with E-state index in [2.05, 4.69) is 10.3 Å². The maximum atomic E-state index is 12.5. The highest BCUT2D eigenvalue weighted by Gasteiger charge is 2.23. The molecule has 1 aliphatic heterocycles. The van der Waals surface area contributed by atoms with Crippen LogP contribution in [-0.2, 0) is 16.6 Å². The van der Waals surface area contributed by atoms with E-state index in [-0.39, 0.29) is 12.3 Å². The minimum atomic E-state index is -3.24. The standard InChI is InChI=1S/C19H32N4O3S2/c1-4-20-19(21-10-15-28(24,25)23-11-13-27-14-12-23)22(3)16-17-6-8-18(9-7-17)26-5-2/h6-9H,4-5,10-16H2,1-3H3,(H,20,21). The molecule has 28 heavy (non-hydrogen) atoms. The molecule has 9 heteroatoms. The summed E-state index contributed by atoms with van der Waals surface area (Å²) in [7, 11) is -1.28. The van der Waals surface area contributed by atoms with Crippen molar-refractivity contribution in [3.05, 3.63) is 29.8 Å². The average molecular weight is 429 g/mol. The second kappa shape index (κ2) is 11.5. The van der Waals surface area contributed by atoms with Gasteiger partial charge in [-0.25, -0.2) is 12.7 Å². The Kier molecular flexibility index (Phi) is 9.40. The van der Waals surface area contributed by atoms with Gasteiger partial charge in [0.1, 0.15) is 5.75 Å². The second-order valence-corrected chi connectivity index (χ2v) is 9.81. The molecule has 0 atom stereocenters. The van der Waals surface area contributed by atoms with Crippen LogP contribution < -0.4 is 10.1 Å². The van der Waals surface area contributed by atoms with Crippen LogP contribution >= 0.6 is 11.8 Å². The first-order valence-corrected chi connectivity index (χ1v) is 12.5. The van der Waals surface area contributed by atoms with Crippen molar-refractivity contribution in [2.45, 2.75) is 20.4 Å². The predicted octanol–water partition coefficient (Wildman–Crippen LogP) is 1.86. The van der Waals surface area contributed by atoms with Crippen molar-refractivity contribution in [1.29, 1.82) is 0 Å². The lowest BCUT2D eigenvalue weighted by Gasteiger charge is -2.25. The summed E-state index contributed by atoms with van der Waals surface area (Å²) < 4.78 is 32.0. The van der Waals surface area contributed by atoms with Crippen LogP contribution in [0.25, 0.3) is 0 Å². The number of ether oxygens (including phenoxy) is 1. The number of hydrogen-bond acceptors (Lipinski definition) is 5. The average Bonchev–Trinajstić information content (AvgIpc) is 2.69. The van der Waals surface area contributed by atoms with Gasteiger partial charge in [-0.1, -0.05) is 12.1 Å². The summed E-state index contributed by atoms with van der Waals surface area (Å²) >= 11 is 1.80. The van der Waals surface area contributed by atoms with Crippen molar-refractivity contribution in [1.82, 2.24) is 14.5 Å². The molecule has 0 spiro atoms. The van der Waals surface area contributed by atoms with Gasteiger partial charge in [-0.3, -0.25) is 4.99 Å². The van der Waals surface area contributed by atoms with Crippen LogP contribution in [0.15, 0.2) is 29.3 Å². The molecule has 7 nitrogen and oxygen atoms in total. The van der Waals surface area contributed by atoms with Gasteiger partial charge in [0, 0.05) is 44.7 Å². The molecular weight excluding hydrogens is 396 g/mol. The molecule has 0 amide bonds. The fourth-order valence-corrected chi connectivity index (χ4v) is 5.35. The first-order chi connectivity index (χ1) is 13.5. The highest BCUT2D eigenvalue weighted by molar-refractivity contribution is 7.99. The van der Waals surface area contributed by atoms with Gasteiger partial charge in [0.05, 0.1) is 18.9 Å². The molecule has 0 aliphatic carbocycles. The third-order valence-electron chi connectivity index (χ3n) is 4.32. The summed E-state index contributed by atoms with van der Waals surface area (Å²) in [6, 6.07) is 7.98. The Morgan fingerprint density at radius 2 is 1.93 bits per heavy atom. The topological polar surface area (TPSA) is 74.2 Å².